The minimum Gasteiger partial charge on any atom is -0.550 e. The van der Waals surface area contributed by atoms with Gasteiger partial charge in [0, 0.05) is 25.2 Å². The molecule has 234 valence electrons. The lowest BCUT2D eigenvalue weighted by molar-refractivity contribution is -0.929. The Bertz CT molecular complexity index is 613. The van der Waals surface area contributed by atoms with Crippen LogP contribution in [0.5, 0.6) is 0 Å². The lowest BCUT2D eigenvalue weighted by atomic mass is 10.0. The molecule has 7 heteroatoms. The maximum Gasteiger partial charge on any atom is 0.303 e. The van der Waals surface area contributed by atoms with E-state index in [9.17, 15) is 19.5 Å². The van der Waals surface area contributed by atoms with E-state index in [1.807, 2.05) is 0 Å². The van der Waals surface area contributed by atoms with Crippen LogP contribution in [-0.4, -0.2) is 58.8 Å². The van der Waals surface area contributed by atoms with Crippen molar-refractivity contribution in [3.8, 4) is 0 Å². The summed E-state index contributed by atoms with van der Waals surface area (Å²) in [4.78, 5) is 33.1. The summed E-state index contributed by atoms with van der Waals surface area (Å²) in [7, 11) is 0. The second kappa shape index (κ2) is 27.3. The monoisotopic (exact) mass is 567 g/mol. The molecule has 0 aromatic carbocycles. The number of carbonyl (C=O) groups excluding carboxylic acids is 1. The molecule has 0 aromatic rings. The fourth-order valence-electron chi connectivity index (χ4n) is 5.59. The van der Waals surface area contributed by atoms with Crippen molar-refractivity contribution < 1.29 is 34.2 Å². The van der Waals surface area contributed by atoms with Gasteiger partial charge in [-0.3, -0.25) is 9.59 Å². The van der Waals surface area contributed by atoms with Crippen LogP contribution in [0.25, 0.3) is 0 Å². The second-order valence-electron chi connectivity index (χ2n) is 11.7. The van der Waals surface area contributed by atoms with Crippen LogP contribution in [0, 0.1) is 0 Å². The Morgan fingerprint density at radius 3 is 1.27 bits per heavy atom. The van der Waals surface area contributed by atoms with Crippen molar-refractivity contribution in [2.75, 3.05) is 26.2 Å². The first-order chi connectivity index (χ1) is 19.3. The molecule has 0 unspecified atom stereocenters. The molecule has 0 heterocycles. The van der Waals surface area contributed by atoms with Gasteiger partial charge in [-0.2, -0.15) is 0 Å². The third-order valence-corrected chi connectivity index (χ3v) is 7.95. The number of carbonyl (C=O) groups is 3. The number of allylic oxidation sites excluding steroid dienone is 2. The van der Waals surface area contributed by atoms with E-state index in [1.165, 1.54) is 96.3 Å². The first-order valence-corrected chi connectivity index (χ1v) is 16.4. The number of nitrogens with zero attached hydrogens (tertiary/aromatic N) is 1. The fourth-order valence-corrected chi connectivity index (χ4v) is 5.59. The van der Waals surface area contributed by atoms with Crippen molar-refractivity contribution in [1.29, 1.82) is 0 Å². The van der Waals surface area contributed by atoms with Crippen molar-refractivity contribution in [2.45, 2.75) is 155 Å². The molecule has 0 aliphatic carbocycles. The van der Waals surface area contributed by atoms with Gasteiger partial charge in [-0.1, -0.05) is 89.7 Å². The molecule has 0 aliphatic rings. The molecule has 7 nitrogen and oxygen atoms in total. The molecule has 0 bridgehead atoms. The topological polar surface area (TPSA) is 115 Å². The Hall–Kier alpha value is -1.89. The number of quaternary nitrogens is 1. The molecule has 0 spiro atoms. The molecule has 0 fully saturated rings. The third-order valence-electron chi connectivity index (χ3n) is 7.95. The standard InChI is InChI=1S/C33H61NO6/c1-2-3-4-5-6-7-8-9-10-11-12-13-14-15-16-17-18-19-20-27-34(28-21-24-31(35)36,29-22-25-32(37)38)30-23-26-33(39)40/h8-9H,2-7,10-30H2,1H3,(H2-,35,36,37,38,39,40)/b9-8+. The molecule has 0 radical (unpaired) electrons. The van der Waals surface area contributed by atoms with Gasteiger partial charge in [0.25, 0.3) is 0 Å². The number of hydrogen-bond acceptors (Lipinski definition) is 4. The molecule has 0 saturated carbocycles. The Kier molecular flexibility index (Phi) is 26.0. The number of hydrogen-bond donors (Lipinski definition) is 2. The molecule has 40 heavy (non-hydrogen) atoms. The van der Waals surface area contributed by atoms with E-state index in [1.54, 1.807) is 0 Å². The minimum absolute atomic E-state index is 0.0201. The highest BCUT2D eigenvalue weighted by Crippen LogP contribution is 2.19. The van der Waals surface area contributed by atoms with Gasteiger partial charge in [-0.15, -0.1) is 0 Å². The van der Waals surface area contributed by atoms with Crippen molar-refractivity contribution in [2.24, 2.45) is 0 Å². The quantitative estimate of drug-likeness (QED) is 0.0517. The smallest absolute Gasteiger partial charge is 0.303 e. The predicted octanol–water partition coefficient (Wildman–Crippen LogP) is 7.27. The van der Waals surface area contributed by atoms with Gasteiger partial charge in [0.1, 0.15) is 0 Å². The highest BCUT2D eigenvalue weighted by atomic mass is 16.4. The minimum atomic E-state index is -1.07. The van der Waals surface area contributed by atoms with Crippen molar-refractivity contribution in [3.05, 3.63) is 12.2 Å². The Morgan fingerprint density at radius 1 is 0.525 bits per heavy atom. The molecule has 2 N–H and O–H groups in total. The summed E-state index contributed by atoms with van der Waals surface area (Å²) in [5.74, 6) is -2.74. The van der Waals surface area contributed by atoms with E-state index in [0.29, 0.717) is 43.4 Å². The van der Waals surface area contributed by atoms with Gasteiger partial charge in [-0.25, -0.2) is 0 Å². The molecule has 0 amide bonds. The summed E-state index contributed by atoms with van der Waals surface area (Å²) in [6.07, 6.45) is 27.9. The van der Waals surface area contributed by atoms with E-state index in [0.717, 1.165) is 19.4 Å². The normalized spacial score (nSPS) is 11.8. The third kappa shape index (κ3) is 26.3. The van der Waals surface area contributed by atoms with Gasteiger partial charge in [0.2, 0.25) is 0 Å². The van der Waals surface area contributed by atoms with Gasteiger partial charge in [-0.05, 0) is 44.9 Å². The van der Waals surface area contributed by atoms with Crippen LogP contribution in [0.1, 0.15) is 155 Å². The number of unbranched alkanes of at least 4 members (excludes halogenated alkanes) is 15. The van der Waals surface area contributed by atoms with E-state index in [4.69, 9.17) is 10.2 Å². The maximum absolute atomic E-state index is 11.1. The average Bonchev–Trinajstić information content (AvgIpc) is 2.89. The molecule has 0 aliphatic heterocycles. The highest BCUT2D eigenvalue weighted by Gasteiger charge is 2.26. The van der Waals surface area contributed by atoms with Crippen molar-refractivity contribution in [1.82, 2.24) is 0 Å². The first kappa shape index (κ1) is 38.1. The summed E-state index contributed by atoms with van der Waals surface area (Å²) in [5.41, 5.74) is 0. The average molecular weight is 568 g/mol. The predicted molar refractivity (Wildman–Crippen MR) is 161 cm³/mol. The summed E-state index contributed by atoms with van der Waals surface area (Å²) >= 11 is 0. The van der Waals surface area contributed by atoms with Crippen molar-refractivity contribution in [3.63, 3.8) is 0 Å². The van der Waals surface area contributed by atoms with Crippen LogP contribution < -0.4 is 5.11 Å². The summed E-state index contributed by atoms with van der Waals surface area (Å²) in [6, 6.07) is 0. The first-order valence-electron chi connectivity index (χ1n) is 16.4. The van der Waals surface area contributed by atoms with Gasteiger partial charge >= 0.3 is 11.9 Å². The van der Waals surface area contributed by atoms with Gasteiger partial charge in [0.05, 0.1) is 39.0 Å². The molecule has 0 aromatic heterocycles. The van der Waals surface area contributed by atoms with E-state index < -0.39 is 17.9 Å². The summed E-state index contributed by atoms with van der Waals surface area (Å²) < 4.78 is 0.613. The lowest BCUT2D eigenvalue weighted by Gasteiger charge is -2.39. The largest absolute Gasteiger partial charge is 0.550 e. The molecule has 0 rings (SSSR count). The zero-order valence-corrected chi connectivity index (χ0v) is 25.7. The van der Waals surface area contributed by atoms with Crippen LogP contribution >= 0.6 is 0 Å². The number of carboxylic acids is 3. The Morgan fingerprint density at radius 2 is 0.875 bits per heavy atom. The van der Waals surface area contributed by atoms with Crippen LogP contribution in [-0.2, 0) is 14.4 Å². The fraction of sp³-hybridized carbons (Fsp3) is 0.848. The van der Waals surface area contributed by atoms with Crippen LogP contribution in [0.15, 0.2) is 12.2 Å². The van der Waals surface area contributed by atoms with Gasteiger partial charge < -0.3 is 24.6 Å². The van der Waals surface area contributed by atoms with Crippen LogP contribution in [0.4, 0.5) is 0 Å². The number of carboxylic acid groups (broad SMARTS) is 3. The zero-order valence-electron chi connectivity index (χ0n) is 25.7. The van der Waals surface area contributed by atoms with Crippen LogP contribution in [0.2, 0.25) is 0 Å². The zero-order chi connectivity index (χ0) is 29.7. The maximum atomic E-state index is 11.1. The van der Waals surface area contributed by atoms with E-state index in [2.05, 4.69) is 19.1 Å². The summed E-state index contributed by atoms with van der Waals surface area (Å²) in [5, 5.41) is 29.1. The Labute approximate surface area is 245 Å². The molecular formula is C33H61NO6. The van der Waals surface area contributed by atoms with Gasteiger partial charge in [0.15, 0.2) is 0 Å². The molecule has 0 saturated heterocycles. The van der Waals surface area contributed by atoms with Crippen molar-refractivity contribution >= 4 is 17.9 Å². The highest BCUT2D eigenvalue weighted by molar-refractivity contribution is 5.66. The van der Waals surface area contributed by atoms with E-state index in [-0.39, 0.29) is 19.3 Å². The van der Waals surface area contributed by atoms with E-state index >= 15 is 0 Å². The SMILES string of the molecule is CCCCCCC/C=C/CCCCCCCCCCCC[N+](CCCC(=O)[O-])(CCCC(=O)O)CCCC(=O)O. The number of rotatable bonds is 31. The summed E-state index contributed by atoms with van der Waals surface area (Å²) in [6.45, 7) is 5.02. The Balaban J connectivity index is 4.13. The second-order valence-corrected chi connectivity index (χ2v) is 11.7. The number of aliphatic carboxylic acids is 3. The van der Waals surface area contributed by atoms with Crippen LogP contribution in [0.3, 0.4) is 0 Å². The lowest BCUT2D eigenvalue weighted by Crippen LogP contribution is -2.51. The molecular weight excluding hydrogens is 506 g/mol. The molecule has 0 atom stereocenters.